The van der Waals surface area contributed by atoms with Crippen molar-refractivity contribution in [3.8, 4) is 0 Å². The molecule has 0 saturated heterocycles. The van der Waals surface area contributed by atoms with E-state index in [1.807, 2.05) is 24.3 Å². The molecule has 2 aromatic carbocycles. The molecule has 1 aliphatic rings. The molecule has 29 heavy (non-hydrogen) atoms. The Balaban J connectivity index is 1.84. The third-order valence-corrected chi connectivity index (χ3v) is 7.10. The number of hydrazine groups is 1. The Labute approximate surface area is 179 Å². The van der Waals surface area contributed by atoms with E-state index in [-0.39, 0.29) is 16.0 Å². The van der Waals surface area contributed by atoms with Gasteiger partial charge in [0.25, 0.3) is 10.0 Å². The third kappa shape index (κ3) is 4.28. The molecular weight excluding hydrogens is 438 g/mol. The van der Waals surface area contributed by atoms with Crippen LogP contribution in [0.5, 0.6) is 0 Å². The Morgan fingerprint density at radius 1 is 1.21 bits per heavy atom. The third-order valence-electron chi connectivity index (χ3n) is 5.18. The van der Waals surface area contributed by atoms with Gasteiger partial charge in [-0.3, -0.25) is 9.80 Å². The number of fused-ring (bicyclic) bond motifs is 1. The average molecular weight is 459 g/mol. The Bertz CT molecular complexity index is 1040. The van der Waals surface area contributed by atoms with Gasteiger partial charge >= 0.3 is 0 Å². The van der Waals surface area contributed by atoms with E-state index in [0.29, 0.717) is 6.42 Å². The number of halogens is 3. The maximum Gasteiger partial charge on any atom is 0.257 e. The SMILES string of the molecule is Cc1cc(S(=O)(=O)NN(C)C(=O)C2Cc3ccccc3C2C(Cl)Cl)cc(C)c1F. The van der Waals surface area contributed by atoms with Crippen molar-refractivity contribution in [2.24, 2.45) is 5.92 Å². The minimum atomic E-state index is -4.08. The van der Waals surface area contributed by atoms with E-state index in [1.54, 1.807) is 0 Å². The molecule has 2 aromatic rings. The lowest BCUT2D eigenvalue weighted by atomic mass is 9.93. The molecule has 5 nitrogen and oxygen atoms in total. The van der Waals surface area contributed by atoms with Gasteiger partial charge < -0.3 is 0 Å². The molecule has 0 heterocycles. The van der Waals surface area contributed by atoms with Gasteiger partial charge in [0.15, 0.2) is 0 Å². The molecular formula is C20H21Cl2FN2O3S. The fourth-order valence-corrected chi connectivity index (χ4v) is 5.61. The Morgan fingerprint density at radius 2 is 1.79 bits per heavy atom. The van der Waals surface area contributed by atoms with Gasteiger partial charge in [0.2, 0.25) is 5.91 Å². The van der Waals surface area contributed by atoms with E-state index in [2.05, 4.69) is 4.83 Å². The topological polar surface area (TPSA) is 66.5 Å². The smallest absolute Gasteiger partial charge is 0.257 e. The lowest BCUT2D eigenvalue weighted by Gasteiger charge is -2.26. The maximum absolute atomic E-state index is 13.8. The van der Waals surface area contributed by atoms with Crippen LogP contribution in [0.15, 0.2) is 41.3 Å². The molecule has 0 aliphatic heterocycles. The second kappa shape index (κ2) is 8.22. The van der Waals surface area contributed by atoms with Crippen molar-refractivity contribution < 1.29 is 17.6 Å². The number of nitrogens with one attached hydrogen (secondary N) is 1. The number of amides is 1. The van der Waals surface area contributed by atoms with Crippen molar-refractivity contribution in [1.29, 1.82) is 0 Å². The lowest BCUT2D eigenvalue weighted by molar-refractivity contribution is -0.136. The number of benzene rings is 2. The highest BCUT2D eigenvalue weighted by atomic mass is 35.5. The van der Waals surface area contributed by atoms with Crippen molar-refractivity contribution in [2.45, 2.75) is 35.9 Å². The first-order chi connectivity index (χ1) is 13.5. The van der Waals surface area contributed by atoms with Crippen molar-refractivity contribution >= 4 is 39.1 Å². The summed E-state index contributed by atoms with van der Waals surface area (Å²) in [5.74, 6) is -1.95. The summed E-state index contributed by atoms with van der Waals surface area (Å²) in [5, 5.41) is 0.934. The molecule has 9 heteroatoms. The van der Waals surface area contributed by atoms with Crippen LogP contribution >= 0.6 is 23.2 Å². The zero-order valence-electron chi connectivity index (χ0n) is 16.1. The second-order valence-electron chi connectivity index (χ2n) is 7.23. The Morgan fingerprint density at radius 3 is 2.38 bits per heavy atom. The van der Waals surface area contributed by atoms with E-state index in [0.717, 1.165) is 16.1 Å². The predicted octanol–water partition coefficient (Wildman–Crippen LogP) is 3.85. The Kier molecular flexibility index (Phi) is 6.24. The van der Waals surface area contributed by atoms with Gasteiger partial charge in [-0.25, -0.2) is 12.8 Å². The van der Waals surface area contributed by atoms with Gasteiger partial charge in [0.05, 0.1) is 10.8 Å². The standard InChI is InChI=1S/C20H21Cl2FN2O3S/c1-11-8-14(9-12(2)18(11)23)29(27,28)24-25(3)20(26)16-10-13-6-4-5-7-15(13)17(16)19(21)22/h4-9,16-17,19,24H,10H2,1-3H3. The van der Waals surface area contributed by atoms with Crippen molar-refractivity contribution in [2.75, 3.05) is 7.05 Å². The molecule has 2 atom stereocenters. The molecule has 0 spiro atoms. The zero-order chi connectivity index (χ0) is 21.5. The predicted molar refractivity (Wildman–Crippen MR) is 111 cm³/mol. The second-order valence-corrected chi connectivity index (χ2v) is 10.1. The molecule has 2 unspecified atom stereocenters. The highest BCUT2D eigenvalue weighted by Crippen LogP contribution is 2.43. The van der Waals surface area contributed by atoms with Crippen molar-refractivity contribution in [3.63, 3.8) is 0 Å². The van der Waals surface area contributed by atoms with Crippen LogP contribution in [0.2, 0.25) is 0 Å². The quantitative estimate of drug-likeness (QED) is 0.546. The summed E-state index contributed by atoms with van der Waals surface area (Å²) in [6.45, 7) is 2.97. The van der Waals surface area contributed by atoms with Crippen LogP contribution in [0.4, 0.5) is 4.39 Å². The first-order valence-electron chi connectivity index (χ1n) is 8.95. The molecule has 0 saturated carbocycles. The molecule has 3 rings (SSSR count). The van der Waals surface area contributed by atoms with E-state index >= 15 is 0 Å². The van der Waals surface area contributed by atoms with Gasteiger partial charge in [-0.2, -0.15) is 0 Å². The molecule has 0 aromatic heterocycles. The van der Waals surface area contributed by atoms with Gasteiger partial charge in [-0.05, 0) is 54.7 Å². The van der Waals surface area contributed by atoms with Crippen LogP contribution in [0.3, 0.4) is 0 Å². The highest BCUT2D eigenvalue weighted by molar-refractivity contribution is 7.89. The Hall–Kier alpha value is -1.67. The number of carbonyl (C=O) groups is 1. The number of carbonyl (C=O) groups excluding carboxylic acids is 1. The minimum Gasteiger partial charge on any atom is -0.273 e. The summed E-state index contributed by atoms with van der Waals surface area (Å²) >= 11 is 12.3. The van der Waals surface area contributed by atoms with Crippen LogP contribution in [-0.2, 0) is 21.2 Å². The van der Waals surface area contributed by atoms with Crippen LogP contribution in [-0.4, -0.2) is 31.2 Å². The lowest BCUT2D eigenvalue weighted by Crippen LogP contribution is -2.47. The molecule has 0 bridgehead atoms. The number of hydrogen-bond acceptors (Lipinski definition) is 3. The average Bonchev–Trinajstić information content (AvgIpc) is 3.04. The molecule has 0 radical (unpaired) electrons. The van der Waals surface area contributed by atoms with Crippen LogP contribution in [0, 0.1) is 25.6 Å². The number of alkyl halides is 2. The number of aryl methyl sites for hydroxylation is 2. The summed E-state index contributed by atoms with van der Waals surface area (Å²) < 4.78 is 39.3. The summed E-state index contributed by atoms with van der Waals surface area (Å²) in [7, 11) is -2.74. The monoisotopic (exact) mass is 458 g/mol. The van der Waals surface area contributed by atoms with Gasteiger partial charge in [-0.15, -0.1) is 28.0 Å². The molecule has 0 fully saturated rings. The van der Waals surface area contributed by atoms with Gasteiger partial charge in [0, 0.05) is 13.0 Å². The largest absolute Gasteiger partial charge is 0.273 e. The molecule has 1 amide bonds. The molecule has 156 valence electrons. The van der Waals surface area contributed by atoms with Crippen LogP contribution in [0.25, 0.3) is 0 Å². The van der Waals surface area contributed by atoms with Crippen LogP contribution < -0.4 is 4.83 Å². The fraction of sp³-hybridized carbons (Fsp3) is 0.350. The molecule has 1 N–H and O–H groups in total. The summed E-state index contributed by atoms with van der Waals surface area (Å²) in [4.78, 5) is 14.4. The number of sulfonamides is 1. The molecule has 1 aliphatic carbocycles. The van der Waals surface area contributed by atoms with Crippen LogP contribution in [0.1, 0.15) is 28.2 Å². The zero-order valence-corrected chi connectivity index (χ0v) is 18.4. The summed E-state index contributed by atoms with van der Waals surface area (Å²) in [6, 6.07) is 9.95. The fourth-order valence-electron chi connectivity index (χ4n) is 3.77. The summed E-state index contributed by atoms with van der Waals surface area (Å²) in [5.41, 5.74) is 2.26. The normalized spacial score (nSPS) is 18.7. The van der Waals surface area contributed by atoms with E-state index in [4.69, 9.17) is 23.2 Å². The minimum absolute atomic E-state index is 0.118. The number of hydrogen-bond donors (Lipinski definition) is 1. The van der Waals surface area contributed by atoms with Gasteiger partial charge in [-0.1, -0.05) is 24.3 Å². The summed E-state index contributed by atoms with van der Waals surface area (Å²) in [6.07, 6.45) is 0.413. The maximum atomic E-state index is 13.8. The highest BCUT2D eigenvalue weighted by Gasteiger charge is 2.42. The first kappa shape index (κ1) is 22.0. The van der Waals surface area contributed by atoms with Crippen molar-refractivity contribution in [1.82, 2.24) is 9.84 Å². The first-order valence-corrected chi connectivity index (χ1v) is 11.3. The van der Waals surface area contributed by atoms with E-state index in [1.165, 1.54) is 33.0 Å². The van der Waals surface area contributed by atoms with Gasteiger partial charge in [0.1, 0.15) is 10.7 Å². The van der Waals surface area contributed by atoms with E-state index < -0.39 is 38.4 Å². The number of rotatable bonds is 5. The van der Waals surface area contributed by atoms with Crippen molar-refractivity contribution in [3.05, 3.63) is 64.5 Å². The number of nitrogens with zero attached hydrogens (tertiary/aromatic N) is 1. The van der Waals surface area contributed by atoms with E-state index in [9.17, 15) is 17.6 Å².